The monoisotopic (exact) mass is 302 g/mol. The molecule has 1 aliphatic rings. The van der Waals surface area contributed by atoms with Crippen molar-refractivity contribution in [1.29, 1.82) is 0 Å². The molecule has 0 atom stereocenters. The third kappa shape index (κ3) is 4.31. The summed E-state index contributed by atoms with van der Waals surface area (Å²) < 4.78 is 4.96. The first kappa shape index (κ1) is 16.0. The van der Waals surface area contributed by atoms with Crippen LogP contribution in [0.15, 0.2) is 35.2 Å². The van der Waals surface area contributed by atoms with Crippen LogP contribution in [-0.2, 0) is 11.2 Å². The lowest BCUT2D eigenvalue weighted by Gasteiger charge is -2.13. The fraction of sp³-hybridized carbons (Fsp3) is 0.438. The number of carbonyl (C=O) groups is 1. The van der Waals surface area contributed by atoms with Gasteiger partial charge in [-0.3, -0.25) is 9.88 Å². The molecule has 0 aliphatic carbocycles. The molecule has 1 aromatic rings. The molecule has 1 aromatic heterocycles. The lowest BCUT2D eigenvalue weighted by atomic mass is 10.1. The molecular formula is C16H22N4O2. The molecule has 0 saturated carbocycles. The van der Waals surface area contributed by atoms with Gasteiger partial charge in [0.05, 0.1) is 18.4 Å². The van der Waals surface area contributed by atoms with Crippen LogP contribution in [0.2, 0.25) is 0 Å². The molecule has 6 nitrogen and oxygen atoms in total. The van der Waals surface area contributed by atoms with E-state index in [1.54, 1.807) is 18.1 Å². The van der Waals surface area contributed by atoms with Gasteiger partial charge in [0.1, 0.15) is 6.61 Å². The van der Waals surface area contributed by atoms with Crippen LogP contribution in [0.5, 0.6) is 0 Å². The first-order valence-corrected chi connectivity index (χ1v) is 7.48. The van der Waals surface area contributed by atoms with Gasteiger partial charge in [-0.2, -0.15) is 5.10 Å². The zero-order valence-electron chi connectivity index (χ0n) is 13.1. The lowest BCUT2D eigenvalue weighted by molar-refractivity contribution is 0.181. The fourth-order valence-electron chi connectivity index (χ4n) is 2.31. The minimum absolute atomic E-state index is 0.293. The summed E-state index contributed by atoms with van der Waals surface area (Å²) in [6.45, 7) is 3.05. The molecule has 2 rings (SSSR count). The number of allylic oxidation sites excluding steroid dienone is 2. The summed E-state index contributed by atoms with van der Waals surface area (Å²) in [6, 6.07) is 2.01. The van der Waals surface area contributed by atoms with Crippen LogP contribution in [0.1, 0.15) is 25.3 Å². The number of pyridine rings is 1. The van der Waals surface area contributed by atoms with Gasteiger partial charge in [0.25, 0.3) is 0 Å². The minimum Gasteiger partial charge on any atom is -0.447 e. The van der Waals surface area contributed by atoms with Crippen molar-refractivity contribution in [1.82, 2.24) is 10.4 Å². The van der Waals surface area contributed by atoms with Gasteiger partial charge >= 0.3 is 6.09 Å². The van der Waals surface area contributed by atoms with Gasteiger partial charge in [-0.1, -0.05) is 6.08 Å². The van der Waals surface area contributed by atoms with Crippen molar-refractivity contribution < 1.29 is 9.53 Å². The first-order valence-electron chi connectivity index (χ1n) is 7.48. The first-order chi connectivity index (χ1) is 10.7. The molecule has 2 heterocycles. The Morgan fingerprint density at radius 2 is 2.41 bits per heavy atom. The molecule has 1 N–H and O–H groups in total. The van der Waals surface area contributed by atoms with Crippen LogP contribution in [0, 0.1) is 0 Å². The van der Waals surface area contributed by atoms with Gasteiger partial charge in [0.2, 0.25) is 0 Å². The number of carbonyl (C=O) groups excluding carboxylic acids is 1. The Morgan fingerprint density at radius 1 is 1.55 bits per heavy atom. The van der Waals surface area contributed by atoms with Crippen LogP contribution in [0.25, 0.3) is 0 Å². The predicted molar refractivity (Wildman–Crippen MR) is 87.2 cm³/mol. The van der Waals surface area contributed by atoms with Crippen molar-refractivity contribution >= 4 is 18.0 Å². The van der Waals surface area contributed by atoms with E-state index in [9.17, 15) is 4.79 Å². The quantitative estimate of drug-likeness (QED) is 0.621. The van der Waals surface area contributed by atoms with Gasteiger partial charge in [-0.25, -0.2) is 4.79 Å². The number of cyclic esters (lactones) is 1. The maximum absolute atomic E-state index is 11.6. The maximum Gasteiger partial charge on any atom is 0.414 e. The topological polar surface area (TPSA) is 66.8 Å². The Kier molecular flexibility index (Phi) is 5.94. The van der Waals surface area contributed by atoms with Crippen LogP contribution < -0.4 is 10.3 Å². The van der Waals surface area contributed by atoms with E-state index < -0.39 is 0 Å². The van der Waals surface area contributed by atoms with Gasteiger partial charge < -0.3 is 10.2 Å². The zero-order chi connectivity index (χ0) is 15.8. The van der Waals surface area contributed by atoms with Crippen LogP contribution in [-0.4, -0.2) is 37.5 Å². The molecule has 1 saturated heterocycles. The largest absolute Gasteiger partial charge is 0.447 e. The number of aryl methyl sites for hydroxylation is 1. The number of hydrogen-bond donors (Lipinski definition) is 1. The summed E-state index contributed by atoms with van der Waals surface area (Å²) in [4.78, 5) is 17.4. The predicted octanol–water partition coefficient (Wildman–Crippen LogP) is 2.51. The molecule has 0 radical (unpaired) electrons. The number of hydrazone groups is 1. The SMILES string of the molecule is C/C=C(/C=N\NC)CCCc1cncc(N2CCOC2=O)c1. The van der Waals surface area contributed by atoms with E-state index in [0.29, 0.717) is 13.2 Å². The van der Waals surface area contributed by atoms with E-state index in [4.69, 9.17) is 4.74 Å². The number of amides is 1. The number of nitrogens with zero attached hydrogens (tertiary/aromatic N) is 3. The highest BCUT2D eigenvalue weighted by Gasteiger charge is 2.23. The van der Waals surface area contributed by atoms with E-state index in [-0.39, 0.29) is 6.09 Å². The summed E-state index contributed by atoms with van der Waals surface area (Å²) in [6.07, 6.45) is 10.0. The molecule has 0 spiro atoms. The van der Waals surface area contributed by atoms with E-state index in [1.165, 1.54) is 5.57 Å². The molecule has 1 fully saturated rings. The van der Waals surface area contributed by atoms with Crippen LogP contribution in [0.3, 0.4) is 0 Å². The third-order valence-corrected chi connectivity index (χ3v) is 3.51. The number of ether oxygens (including phenoxy) is 1. The maximum atomic E-state index is 11.6. The molecule has 1 aliphatic heterocycles. The fourth-order valence-corrected chi connectivity index (χ4v) is 2.31. The second-order valence-corrected chi connectivity index (χ2v) is 5.02. The molecule has 1 amide bonds. The highest BCUT2D eigenvalue weighted by atomic mass is 16.6. The Morgan fingerprint density at radius 3 is 3.09 bits per heavy atom. The van der Waals surface area contributed by atoms with E-state index in [0.717, 1.165) is 30.5 Å². The number of nitrogens with one attached hydrogen (secondary N) is 1. The van der Waals surface area contributed by atoms with Crippen molar-refractivity contribution in [2.75, 3.05) is 25.1 Å². The lowest BCUT2D eigenvalue weighted by Crippen LogP contribution is -2.23. The summed E-state index contributed by atoms with van der Waals surface area (Å²) in [7, 11) is 1.78. The van der Waals surface area contributed by atoms with Gasteiger partial charge in [-0.05, 0) is 43.4 Å². The standard InChI is InChI=1S/C16H22N4O2/c1-3-13(11-19-17-2)5-4-6-14-9-15(12-18-10-14)20-7-8-22-16(20)21/h3,9-12,17H,4-8H2,1-2H3/b13-3+,19-11-. The van der Waals surface area contributed by atoms with Gasteiger partial charge in [0, 0.05) is 19.5 Å². The second kappa shape index (κ2) is 8.17. The summed E-state index contributed by atoms with van der Waals surface area (Å²) in [5.74, 6) is 0. The van der Waals surface area contributed by atoms with Crippen molar-refractivity contribution in [2.24, 2.45) is 5.10 Å². The molecule has 22 heavy (non-hydrogen) atoms. The number of anilines is 1. The Hall–Kier alpha value is -2.37. The molecule has 118 valence electrons. The van der Waals surface area contributed by atoms with Crippen LogP contribution >= 0.6 is 0 Å². The normalized spacial score (nSPS) is 15.5. The van der Waals surface area contributed by atoms with Crippen LogP contribution in [0.4, 0.5) is 10.5 Å². The summed E-state index contributed by atoms with van der Waals surface area (Å²) >= 11 is 0. The molecule has 6 heteroatoms. The molecule has 0 unspecified atom stereocenters. The molecule has 0 aromatic carbocycles. The summed E-state index contributed by atoms with van der Waals surface area (Å²) in [5.41, 5.74) is 5.88. The van der Waals surface area contributed by atoms with E-state index >= 15 is 0 Å². The Balaban J connectivity index is 1.91. The highest BCUT2D eigenvalue weighted by Crippen LogP contribution is 2.20. The minimum atomic E-state index is -0.293. The smallest absolute Gasteiger partial charge is 0.414 e. The van der Waals surface area contributed by atoms with Gasteiger partial charge in [0.15, 0.2) is 0 Å². The number of hydrogen-bond acceptors (Lipinski definition) is 5. The average molecular weight is 302 g/mol. The van der Waals surface area contributed by atoms with Crippen molar-refractivity contribution in [3.05, 3.63) is 35.7 Å². The van der Waals surface area contributed by atoms with Crippen molar-refractivity contribution in [2.45, 2.75) is 26.2 Å². The molecule has 0 bridgehead atoms. The summed E-state index contributed by atoms with van der Waals surface area (Å²) in [5, 5.41) is 4.03. The van der Waals surface area contributed by atoms with Crippen molar-refractivity contribution in [3.63, 3.8) is 0 Å². The second-order valence-electron chi connectivity index (χ2n) is 5.02. The van der Waals surface area contributed by atoms with E-state index in [1.807, 2.05) is 25.4 Å². The zero-order valence-corrected chi connectivity index (χ0v) is 13.1. The Bertz CT molecular complexity index is 569. The van der Waals surface area contributed by atoms with Gasteiger partial charge in [-0.15, -0.1) is 0 Å². The van der Waals surface area contributed by atoms with E-state index in [2.05, 4.69) is 21.6 Å². The number of aromatic nitrogens is 1. The number of rotatable bonds is 7. The molecular weight excluding hydrogens is 280 g/mol. The Labute approximate surface area is 130 Å². The van der Waals surface area contributed by atoms with Crippen molar-refractivity contribution in [3.8, 4) is 0 Å². The average Bonchev–Trinajstić information content (AvgIpc) is 2.97. The highest BCUT2D eigenvalue weighted by molar-refractivity contribution is 5.89. The third-order valence-electron chi connectivity index (χ3n) is 3.51.